The molecule has 2 unspecified atom stereocenters. The van der Waals surface area contributed by atoms with Crippen LogP contribution in [-0.2, 0) is 12.6 Å². The lowest BCUT2D eigenvalue weighted by atomic mass is 9.87. The summed E-state index contributed by atoms with van der Waals surface area (Å²) in [6.45, 7) is 2.21. The van der Waals surface area contributed by atoms with Crippen LogP contribution in [0.4, 0.5) is 13.2 Å². The first kappa shape index (κ1) is 18.7. The van der Waals surface area contributed by atoms with Crippen LogP contribution in [0.2, 0.25) is 0 Å². The monoisotopic (exact) mass is 390 g/mol. The van der Waals surface area contributed by atoms with Gasteiger partial charge in [0.15, 0.2) is 5.65 Å². The molecule has 5 nitrogen and oxygen atoms in total. The van der Waals surface area contributed by atoms with Gasteiger partial charge in [-0.25, -0.2) is 9.67 Å². The van der Waals surface area contributed by atoms with E-state index in [1.807, 2.05) is 4.68 Å². The van der Waals surface area contributed by atoms with Crippen molar-refractivity contribution in [1.29, 1.82) is 0 Å². The van der Waals surface area contributed by atoms with E-state index in [-0.39, 0.29) is 18.0 Å². The minimum Gasteiger partial charge on any atom is -0.310 e. The second-order valence-corrected chi connectivity index (χ2v) is 7.64. The normalized spacial score (nSPS) is 20.6. The number of benzene rings is 1. The van der Waals surface area contributed by atoms with Gasteiger partial charge in [-0.15, -0.1) is 0 Å². The van der Waals surface area contributed by atoms with Crippen LogP contribution >= 0.6 is 0 Å². The summed E-state index contributed by atoms with van der Waals surface area (Å²) in [5, 5.41) is 4.80. The maximum absolute atomic E-state index is 12.9. The van der Waals surface area contributed by atoms with Gasteiger partial charge in [-0.05, 0) is 30.4 Å². The molecular formula is C20H21F3N4O. The van der Waals surface area contributed by atoms with Gasteiger partial charge < -0.3 is 4.98 Å². The van der Waals surface area contributed by atoms with Crippen LogP contribution < -0.4 is 5.56 Å². The van der Waals surface area contributed by atoms with E-state index < -0.39 is 11.7 Å². The number of hydrogen-bond acceptors (Lipinski definition) is 3. The van der Waals surface area contributed by atoms with Gasteiger partial charge in [0.25, 0.3) is 5.56 Å². The Kier molecular flexibility index (Phi) is 4.72. The summed E-state index contributed by atoms with van der Waals surface area (Å²) in [6.07, 6.45) is 1.48. The highest BCUT2D eigenvalue weighted by atomic mass is 19.4. The predicted octanol–water partition coefficient (Wildman–Crippen LogP) is 4.48. The van der Waals surface area contributed by atoms with Crippen LogP contribution in [0.3, 0.4) is 0 Å². The van der Waals surface area contributed by atoms with E-state index in [0.717, 1.165) is 31.4 Å². The van der Waals surface area contributed by atoms with Gasteiger partial charge in [-0.1, -0.05) is 38.0 Å². The minimum absolute atomic E-state index is 0.112. The van der Waals surface area contributed by atoms with Gasteiger partial charge in [0.05, 0.1) is 17.8 Å². The lowest BCUT2D eigenvalue weighted by Gasteiger charge is -2.27. The Labute approximate surface area is 159 Å². The SMILES string of the molecule is CC1CCCC(n2ncc3c(=O)[nH]c(Cc4cccc(C(F)(F)F)c4)nc32)C1. The number of nitrogens with zero attached hydrogens (tertiary/aromatic N) is 3. The van der Waals surface area contributed by atoms with Crippen molar-refractivity contribution in [2.75, 3.05) is 0 Å². The summed E-state index contributed by atoms with van der Waals surface area (Å²) in [5.74, 6) is 0.923. The molecule has 2 atom stereocenters. The Bertz CT molecular complexity index is 1050. The number of alkyl halides is 3. The minimum atomic E-state index is -4.41. The van der Waals surface area contributed by atoms with Crippen molar-refractivity contribution < 1.29 is 13.2 Å². The number of fused-ring (bicyclic) bond motifs is 1. The first-order valence-electron chi connectivity index (χ1n) is 9.44. The molecule has 148 valence electrons. The fourth-order valence-corrected chi connectivity index (χ4v) is 4.01. The standard InChI is InChI=1S/C20H21F3N4O/c1-12-4-2-7-15(8-12)27-18-16(11-24-27)19(28)26-17(25-18)10-13-5-3-6-14(9-13)20(21,22)23/h3,5-6,9,11-12,15H,2,4,7-8,10H2,1H3,(H,25,26,28). The largest absolute Gasteiger partial charge is 0.416 e. The van der Waals surface area contributed by atoms with Gasteiger partial charge >= 0.3 is 6.18 Å². The smallest absolute Gasteiger partial charge is 0.310 e. The van der Waals surface area contributed by atoms with Gasteiger partial charge in [-0.2, -0.15) is 18.3 Å². The zero-order chi connectivity index (χ0) is 19.9. The molecule has 28 heavy (non-hydrogen) atoms. The molecular weight excluding hydrogens is 369 g/mol. The van der Waals surface area contributed by atoms with Crippen LogP contribution in [0, 0.1) is 5.92 Å². The van der Waals surface area contributed by atoms with Gasteiger partial charge in [0.1, 0.15) is 11.2 Å². The van der Waals surface area contributed by atoms with E-state index in [1.54, 1.807) is 6.07 Å². The lowest BCUT2D eigenvalue weighted by molar-refractivity contribution is -0.137. The molecule has 0 bridgehead atoms. The third-order valence-electron chi connectivity index (χ3n) is 5.39. The van der Waals surface area contributed by atoms with Crippen LogP contribution in [0.5, 0.6) is 0 Å². The summed E-state index contributed by atoms with van der Waals surface area (Å²) in [5.41, 5.74) is -0.0868. The van der Waals surface area contributed by atoms with Crippen LogP contribution in [-0.4, -0.2) is 19.7 Å². The molecule has 1 saturated carbocycles. The highest BCUT2D eigenvalue weighted by molar-refractivity contribution is 5.73. The summed E-state index contributed by atoms with van der Waals surface area (Å²) in [4.78, 5) is 19.7. The second-order valence-electron chi connectivity index (χ2n) is 7.64. The van der Waals surface area contributed by atoms with E-state index in [0.29, 0.717) is 28.3 Å². The van der Waals surface area contributed by atoms with Crippen molar-refractivity contribution in [1.82, 2.24) is 19.7 Å². The zero-order valence-electron chi connectivity index (χ0n) is 15.5. The van der Waals surface area contributed by atoms with Crippen molar-refractivity contribution in [2.24, 2.45) is 5.92 Å². The third-order valence-corrected chi connectivity index (χ3v) is 5.39. The van der Waals surface area contributed by atoms with Crippen LogP contribution in [0.1, 0.15) is 55.6 Å². The van der Waals surface area contributed by atoms with E-state index in [9.17, 15) is 18.0 Å². The lowest BCUT2D eigenvalue weighted by Crippen LogP contribution is -2.20. The molecule has 3 aromatic rings. The molecule has 0 aliphatic heterocycles. The topological polar surface area (TPSA) is 63.6 Å². The molecule has 1 aliphatic rings. The molecule has 0 amide bonds. The number of aromatic nitrogens is 4. The molecule has 8 heteroatoms. The van der Waals surface area contributed by atoms with Crippen molar-refractivity contribution in [2.45, 2.75) is 51.2 Å². The van der Waals surface area contributed by atoms with E-state index in [1.165, 1.54) is 18.7 Å². The molecule has 2 heterocycles. The zero-order valence-corrected chi connectivity index (χ0v) is 15.5. The molecule has 4 rings (SSSR count). The highest BCUT2D eigenvalue weighted by Gasteiger charge is 2.30. The first-order valence-corrected chi connectivity index (χ1v) is 9.44. The van der Waals surface area contributed by atoms with Gasteiger partial charge in [0, 0.05) is 6.42 Å². The maximum atomic E-state index is 12.9. The molecule has 0 saturated heterocycles. The second kappa shape index (κ2) is 7.07. The number of nitrogens with one attached hydrogen (secondary N) is 1. The quantitative estimate of drug-likeness (QED) is 0.717. The molecule has 1 fully saturated rings. The first-order chi connectivity index (χ1) is 13.3. The predicted molar refractivity (Wildman–Crippen MR) is 99.1 cm³/mol. The summed E-state index contributed by atoms with van der Waals surface area (Å²) in [6, 6.07) is 5.27. The maximum Gasteiger partial charge on any atom is 0.416 e. The fourth-order valence-electron chi connectivity index (χ4n) is 4.01. The Balaban J connectivity index is 1.69. The van der Waals surface area contributed by atoms with Gasteiger partial charge in [0.2, 0.25) is 0 Å². The number of halogens is 3. The molecule has 1 aromatic carbocycles. The van der Waals surface area contributed by atoms with E-state index >= 15 is 0 Å². The Morgan fingerprint density at radius 2 is 2.11 bits per heavy atom. The molecule has 1 aliphatic carbocycles. The Morgan fingerprint density at radius 3 is 2.86 bits per heavy atom. The molecule has 1 N–H and O–H groups in total. The average Bonchev–Trinajstić information content (AvgIpc) is 3.06. The van der Waals surface area contributed by atoms with Crippen molar-refractivity contribution in [3.63, 3.8) is 0 Å². The summed E-state index contributed by atoms with van der Waals surface area (Å²) >= 11 is 0. The van der Waals surface area contributed by atoms with Gasteiger partial charge in [-0.3, -0.25) is 4.79 Å². The Hall–Kier alpha value is -2.64. The number of aromatic amines is 1. The number of rotatable bonds is 3. The molecule has 2 aromatic heterocycles. The average molecular weight is 390 g/mol. The van der Waals surface area contributed by atoms with Crippen LogP contribution in [0.25, 0.3) is 11.0 Å². The Morgan fingerprint density at radius 1 is 1.29 bits per heavy atom. The number of hydrogen-bond donors (Lipinski definition) is 1. The molecule has 0 radical (unpaired) electrons. The summed E-state index contributed by atoms with van der Waals surface area (Å²) in [7, 11) is 0. The highest BCUT2D eigenvalue weighted by Crippen LogP contribution is 2.33. The van der Waals surface area contributed by atoms with Crippen molar-refractivity contribution in [3.05, 3.63) is 57.8 Å². The molecule has 0 spiro atoms. The summed E-state index contributed by atoms with van der Waals surface area (Å²) < 4.78 is 40.6. The van der Waals surface area contributed by atoms with E-state index in [2.05, 4.69) is 22.0 Å². The fraction of sp³-hybridized carbons (Fsp3) is 0.450. The van der Waals surface area contributed by atoms with Crippen molar-refractivity contribution in [3.8, 4) is 0 Å². The third kappa shape index (κ3) is 3.68. The van der Waals surface area contributed by atoms with Crippen molar-refractivity contribution >= 4 is 11.0 Å². The number of H-pyrrole nitrogens is 1. The van der Waals surface area contributed by atoms with Crippen LogP contribution in [0.15, 0.2) is 35.3 Å². The van der Waals surface area contributed by atoms with E-state index in [4.69, 9.17) is 0 Å².